The fraction of sp³-hybridized carbons (Fsp3) is 0.625. The van der Waals surface area contributed by atoms with Gasteiger partial charge in [0.15, 0.2) is 0 Å². The number of hydrogen-bond donors (Lipinski definition) is 1. The number of aliphatic hydroxyl groups is 1. The van der Waals surface area contributed by atoms with Gasteiger partial charge < -0.3 is 14.6 Å². The second-order valence-corrected chi connectivity index (χ2v) is 5.77. The van der Waals surface area contributed by atoms with Crippen molar-refractivity contribution in [3.8, 4) is 5.75 Å². The van der Waals surface area contributed by atoms with Crippen LogP contribution in [-0.4, -0.2) is 74.3 Å². The number of alkyl halides is 3. The smallest absolute Gasteiger partial charge is 0.406 e. The molecule has 2 rings (SSSR count). The third-order valence-electron chi connectivity index (χ3n) is 4.01. The fourth-order valence-corrected chi connectivity index (χ4v) is 2.66. The highest BCUT2D eigenvalue weighted by Gasteiger charge is 2.31. The molecule has 5 nitrogen and oxygen atoms in total. The first-order valence-corrected chi connectivity index (χ1v) is 7.85. The first-order chi connectivity index (χ1) is 11.4. The summed E-state index contributed by atoms with van der Waals surface area (Å²) in [5.41, 5.74) is 0.575. The Balaban J connectivity index is 1.79. The molecule has 0 saturated carbocycles. The van der Waals surface area contributed by atoms with Crippen molar-refractivity contribution in [2.24, 2.45) is 0 Å². The van der Waals surface area contributed by atoms with Gasteiger partial charge in [-0.05, 0) is 17.7 Å². The molecular weight excluding hydrogens is 325 g/mol. The van der Waals surface area contributed by atoms with Gasteiger partial charge in [0, 0.05) is 46.4 Å². The molecule has 24 heavy (non-hydrogen) atoms. The van der Waals surface area contributed by atoms with Crippen molar-refractivity contribution in [3.05, 3.63) is 29.8 Å². The van der Waals surface area contributed by atoms with Crippen LogP contribution in [0.1, 0.15) is 11.7 Å². The van der Waals surface area contributed by atoms with E-state index >= 15 is 0 Å². The van der Waals surface area contributed by atoms with E-state index in [-0.39, 0.29) is 5.75 Å². The number of rotatable bonds is 7. The van der Waals surface area contributed by atoms with E-state index in [1.807, 2.05) is 0 Å². The largest absolute Gasteiger partial charge is 0.573 e. The average molecular weight is 348 g/mol. The molecule has 8 heteroatoms. The molecule has 1 heterocycles. The van der Waals surface area contributed by atoms with Crippen LogP contribution < -0.4 is 4.74 Å². The van der Waals surface area contributed by atoms with E-state index in [0.29, 0.717) is 18.7 Å². The summed E-state index contributed by atoms with van der Waals surface area (Å²) >= 11 is 0. The Bertz CT molecular complexity index is 488. The maximum atomic E-state index is 12.1. The van der Waals surface area contributed by atoms with E-state index < -0.39 is 12.5 Å². The lowest BCUT2D eigenvalue weighted by atomic mass is 10.1. The minimum atomic E-state index is -4.71. The van der Waals surface area contributed by atoms with Crippen LogP contribution in [0.25, 0.3) is 0 Å². The van der Waals surface area contributed by atoms with Crippen molar-refractivity contribution in [2.75, 3.05) is 53.0 Å². The van der Waals surface area contributed by atoms with Crippen LogP contribution in [0.4, 0.5) is 13.2 Å². The molecule has 1 N–H and O–H groups in total. The van der Waals surface area contributed by atoms with Crippen LogP contribution in [0.15, 0.2) is 24.3 Å². The molecule has 0 aliphatic carbocycles. The van der Waals surface area contributed by atoms with Crippen LogP contribution in [0.2, 0.25) is 0 Å². The lowest BCUT2D eigenvalue weighted by Gasteiger charge is -2.35. The predicted octanol–water partition coefficient (Wildman–Crippen LogP) is 1.88. The maximum Gasteiger partial charge on any atom is 0.573 e. The summed E-state index contributed by atoms with van der Waals surface area (Å²) in [6.45, 7) is 5.56. The highest BCUT2D eigenvalue weighted by Crippen LogP contribution is 2.24. The van der Waals surface area contributed by atoms with E-state index in [2.05, 4.69) is 14.5 Å². The molecule has 1 saturated heterocycles. The van der Waals surface area contributed by atoms with E-state index in [1.165, 1.54) is 24.3 Å². The molecule has 1 atom stereocenters. The SMILES string of the molecule is COCCN1CCN(C[C@H](O)c2ccc(OC(F)(F)F)cc2)CC1. The second kappa shape index (κ2) is 8.66. The number of ether oxygens (including phenoxy) is 2. The van der Waals surface area contributed by atoms with Crippen LogP contribution in [0.3, 0.4) is 0 Å². The van der Waals surface area contributed by atoms with Gasteiger partial charge in [0.1, 0.15) is 5.75 Å². The van der Waals surface area contributed by atoms with E-state index in [9.17, 15) is 18.3 Å². The molecule has 0 amide bonds. The topological polar surface area (TPSA) is 45.2 Å². The van der Waals surface area contributed by atoms with Crippen molar-refractivity contribution in [1.29, 1.82) is 0 Å². The third kappa shape index (κ3) is 6.27. The molecule has 0 bridgehead atoms. The van der Waals surface area contributed by atoms with Gasteiger partial charge in [0.05, 0.1) is 12.7 Å². The molecule has 0 radical (unpaired) electrons. The van der Waals surface area contributed by atoms with Gasteiger partial charge in [0.25, 0.3) is 0 Å². The summed E-state index contributed by atoms with van der Waals surface area (Å²) in [7, 11) is 1.68. The third-order valence-corrected chi connectivity index (χ3v) is 4.01. The summed E-state index contributed by atoms with van der Waals surface area (Å²) in [6.07, 6.45) is -5.45. The zero-order valence-electron chi connectivity index (χ0n) is 13.6. The first kappa shape index (κ1) is 19.0. The Morgan fingerprint density at radius 1 is 1.08 bits per heavy atom. The number of piperazine rings is 1. The quantitative estimate of drug-likeness (QED) is 0.815. The summed E-state index contributed by atoms with van der Waals surface area (Å²) in [6, 6.07) is 5.35. The molecular formula is C16H23F3N2O3. The summed E-state index contributed by atoms with van der Waals surface area (Å²) in [5, 5.41) is 10.3. The monoisotopic (exact) mass is 348 g/mol. The normalized spacial score (nSPS) is 18.5. The minimum Gasteiger partial charge on any atom is -0.406 e. The van der Waals surface area contributed by atoms with Crippen molar-refractivity contribution < 1.29 is 27.8 Å². The van der Waals surface area contributed by atoms with Gasteiger partial charge in [-0.1, -0.05) is 12.1 Å². The van der Waals surface area contributed by atoms with Crippen molar-refractivity contribution in [2.45, 2.75) is 12.5 Å². The standard InChI is InChI=1S/C16H23F3N2O3/c1-23-11-10-20-6-8-21(9-7-20)12-15(22)13-2-4-14(5-3-13)24-16(17,18)19/h2-5,15,22H,6-12H2,1H3/t15-/m0/s1. The predicted molar refractivity (Wildman–Crippen MR) is 82.8 cm³/mol. The lowest BCUT2D eigenvalue weighted by Crippen LogP contribution is -2.48. The maximum absolute atomic E-state index is 12.1. The van der Waals surface area contributed by atoms with Gasteiger partial charge in [0.2, 0.25) is 0 Å². The number of methoxy groups -OCH3 is 1. The second-order valence-electron chi connectivity index (χ2n) is 5.77. The first-order valence-electron chi connectivity index (χ1n) is 7.85. The number of benzene rings is 1. The number of hydrogen-bond acceptors (Lipinski definition) is 5. The van der Waals surface area contributed by atoms with Crippen LogP contribution in [-0.2, 0) is 4.74 Å². The van der Waals surface area contributed by atoms with Gasteiger partial charge in [-0.25, -0.2) is 0 Å². The molecule has 0 aromatic heterocycles. The zero-order chi connectivity index (χ0) is 17.6. The average Bonchev–Trinajstić information content (AvgIpc) is 2.53. The molecule has 1 aromatic carbocycles. The highest BCUT2D eigenvalue weighted by atomic mass is 19.4. The van der Waals surface area contributed by atoms with Gasteiger partial charge >= 0.3 is 6.36 Å². The van der Waals surface area contributed by atoms with Gasteiger partial charge in [-0.3, -0.25) is 9.80 Å². The summed E-state index contributed by atoms with van der Waals surface area (Å²) in [4.78, 5) is 4.45. The zero-order valence-corrected chi connectivity index (χ0v) is 13.6. The molecule has 136 valence electrons. The van der Waals surface area contributed by atoms with Gasteiger partial charge in [-0.2, -0.15) is 0 Å². The van der Waals surface area contributed by atoms with E-state index in [4.69, 9.17) is 4.74 Å². The number of nitrogens with zero attached hydrogens (tertiary/aromatic N) is 2. The summed E-state index contributed by atoms with van der Waals surface area (Å²) in [5.74, 6) is -0.287. The van der Waals surface area contributed by atoms with Crippen LogP contribution >= 0.6 is 0 Å². The molecule has 1 aromatic rings. The Kier molecular flexibility index (Phi) is 6.85. The van der Waals surface area contributed by atoms with Crippen LogP contribution in [0.5, 0.6) is 5.75 Å². The van der Waals surface area contributed by atoms with E-state index in [0.717, 1.165) is 32.7 Å². The summed E-state index contributed by atoms with van der Waals surface area (Å²) < 4.78 is 45.3. The fourth-order valence-electron chi connectivity index (χ4n) is 2.66. The Morgan fingerprint density at radius 2 is 1.67 bits per heavy atom. The number of aliphatic hydroxyl groups excluding tert-OH is 1. The van der Waals surface area contributed by atoms with Crippen LogP contribution in [0, 0.1) is 0 Å². The van der Waals surface area contributed by atoms with Crippen molar-refractivity contribution >= 4 is 0 Å². The Hall–Kier alpha value is -1.35. The molecule has 0 spiro atoms. The molecule has 1 fully saturated rings. The van der Waals surface area contributed by atoms with Crippen molar-refractivity contribution in [1.82, 2.24) is 9.80 Å². The number of β-amino-alcohol motifs (C(OH)–C–C–N with tert-alkyl or cyclic N) is 1. The highest BCUT2D eigenvalue weighted by molar-refractivity contribution is 5.28. The number of halogens is 3. The Labute approximate surface area is 139 Å². The van der Waals surface area contributed by atoms with Crippen molar-refractivity contribution in [3.63, 3.8) is 0 Å². The minimum absolute atomic E-state index is 0.287. The lowest BCUT2D eigenvalue weighted by molar-refractivity contribution is -0.274. The Morgan fingerprint density at radius 3 is 2.21 bits per heavy atom. The molecule has 0 unspecified atom stereocenters. The van der Waals surface area contributed by atoms with E-state index in [1.54, 1.807) is 7.11 Å². The molecule has 1 aliphatic rings. The molecule has 1 aliphatic heterocycles. The van der Waals surface area contributed by atoms with Gasteiger partial charge in [-0.15, -0.1) is 13.2 Å².